The van der Waals surface area contributed by atoms with E-state index in [0.717, 1.165) is 55.2 Å². The molecule has 0 radical (unpaired) electrons. The van der Waals surface area contributed by atoms with E-state index >= 15 is 0 Å². The Kier molecular flexibility index (Phi) is 5.81. The molecule has 0 N–H and O–H groups in total. The Balaban J connectivity index is 1.68. The molecule has 4 heterocycles. The van der Waals surface area contributed by atoms with Crippen molar-refractivity contribution in [1.82, 2.24) is 19.9 Å². The lowest BCUT2D eigenvalue weighted by molar-refractivity contribution is -0.136. The van der Waals surface area contributed by atoms with Crippen LogP contribution in [0.3, 0.4) is 0 Å². The molecular weight excluding hydrogens is 354 g/mol. The lowest BCUT2D eigenvalue weighted by Gasteiger charge is -2.33. The molecule has 7 heteroatoms. The topological polar surface area (TPSA) is 71.5 Å². The van der Waals surface area contributed by atoms with Gasteiger partial charge in [0.25, 0.3) is 0 Å². The van der Waals surface area contributed by atoms with Crippen LogP contribution in [0.25, 0.3) is 11.1 Å². The molecular formula is C21H27N5O2. The molecule has 0 spiro atoms. The van der Waals surface area contributed by atoms with Gasteiger partial charge in [0.15, 0.2) is 0 Å². The van der Waals surface area contributed by atoms with Gasteiger partial charge in [-0.25, -0.2) is 9.97 Å². The predicted molar refractivity (Wildman–Crippen MR) is 107 cm³/mol. The van der Waals surface area contributed by atoms with Gasteiger partial charge in [-0.1, -0.05) is 0 Å². The van der Waals surface area contributed by atoms with Crippen LogP contribution in [0.2, 0.25) is 0 Å². The van der Waals surface area contributed by atoms with Crippen molar-refractivity contribution in [2.45, 2.75) is 31.6 Å². The molecule has 2 aliphatic heterocycles. The van der Waals surface area contributed by atoms with Crippen molar-refractivity contribution in [3.63, 3.8) is 0 Å². The average Bonchev–Trinajstić information content (AvgIpc) is 3.29. The van der Waals surface area contributed by atoms with Crippen molar-refractivity contribution in [1.29, 1.82) is 0 Å². The fourth-order valence-electron chi connectivity index (χ4n) is 4.16. The number of carbonyl (C=O) groups is 1. The highest BCUT2D eigenvalue weighted by Crippen LogP contribution is 2.34. The van der Waals surface area contributed by atoms with Crippen molar-refractivity contribution in [3.05, 3.63) is 36.4 Å². The summed E-state index contributed by atoms with van der Waals surface area (Å²) in [6, 6.07) is 3.99. The summed E-state index contributed by atoms with van der Waals surface area (Å²) in [4.78, 5) is 30.3. The zero-order chi connectivity index (χ0) is 19.3. The SMILES string of the molecule is COCC(=O)N1CCC[C@H](c2nc(N3CCCC3)ncc2-c2ccncc2)C1. The van der Waals surface area contributed by atoms with Crippen molar-refractivity contribution in [3.8, 4) is 11.1 Å². The van der Waals surface area contributed by atoms with E-state index in [0.29, 0.717) is 6.54 Å². The lowest BCUT2D eigenvalue weighted by Crippen LogP contribution is -2.41. The van der Waals surface area contributed by atoms with Gasteiger partial charge in [0.1, 0.15) is 6.61 Å². The second kappa shape index (κ2) is 8.65. The molecule has 0 aromatic carbocycles. The van der Waals surface area contributed by atoms with Crippen LogP contribution in [0.5, 0.6) is 0 Å². The van der Waals surface area contributed by atoms with E-state index in [1.807, 2.05) is 23.2 Å². The molecule has 148 valence electrons. The summed E-state index contributed by atoms with van der Waals surface area (Å²) in [6.07, 6.45) is 9.90. The highest BCUT2D eigenvalue weighted by atomic mass is 16.5. The maximum Gasteiger partial charge on any atom is 0.248 e. The fraction of sp³-hybridized carbons (Fsp3) is 0.524. The van der Waals surface area contributed by atoms with Gasteiger partial charge >= 0.3 is 0 Å². The molecule has 2 fully saturated rings. The molecule has 0 bridgehead atoms. The van der Waals surface area contributed by atoms with E-state index < -0.39 is 0 Å². The summed E-state index contributed by atoms with van der Waals surface area (Å²) >= 11 is 0. The lowest BCUT2D eigenvalue weighted by atomic mass is 9.90. The van der Waals surface area contributed by atoms with Crippen LogP contribution in [0.4, 0.5) is 5.95 Å². The number of likely N-dealkylation sites (tertiary alicyclic amines) is 1. The Labute approximate surface area is 165 Å². The third kappa shape index (κ3) is 3.99. The number of nitrogens with zero attached hydrogens (tertiary/aromatic N) is 5. The van der Waals surface area contributed by atoms with Crippen molar-refractivity contribution < 1.29 is 9.53 Å². The second-order valence-electron chi connectivity index (χ2n) is 7.51. The Hall–Kier alpha value is -2.54. The Morgan fingerprint density at radius 1 is 1.18 bits per heavy atom. The zero-order valence-electron chi connectivity index (χ0n) is 16.4. The molecule has 7 nitrogen and oxygen atoms in total. The Bertz CT molecular complexity index is 808. The molecule has 2 saturated heterocycles. The number of rotatable bonds is 5. The molecule has 2 aromatic heterocycles. The van der Waals surface area contributed by atoms with E-state index in [-0.39, 0.29) is 18.4 Å². The molecule has 1 atom stereocenters. The first-order valence-electron chi connectivity index (χ1n) is 10.1. The first-order chi connectivity index (χ1) is 13.8. The normalized spacial score (nSPS) is 19.8. The first kappa shape index (κ1) is 18.8. The highest BCUT2D eigenvalue weighted by molar-refractivity contribution is 5.77. The highest BCUT2D eigenvalue weighted by Gasteiger charge is 2.29. The summed E-state index contributed by atoms with van der Waals surface area (Å²) in [5.74, 6) is 1.05. The number of piperidine rings is 1. The van der Waals surface area contributed by atoms with Crippen LogP contribution in [0, 0.1) is 0 Å². The smallest absolute Gasteiger partial charge is 0.248 e. The monoisotopic (exact) mass is 381 g/mol. The molecule has 0 aliphatic carbocycles. The maximum absolute atomic E-state index is 12.4. The number of ether oxygens (including phenoxy) is 1. The molecule has 4 rings (SSSR count). The van der Waals surface area contributed by atoms with Crippen molar-refractivity contribution in [2.75, 3.05) is 44.8 Å². The Morgan fingerprint density at radius 2 is 1.96 bits per heavy atom. The number of aromatic nitrogens is 3. The minimum atomic E-state index is 0.0477. The third-order valence-corrected chi connectivity index (χ3v) is 5.61. The van der Waals surface area contributed by atoms with E-state index in [1.54, 1.807) is 19.5 Å². The summed E-state index contributed by atoms with van der Waals surface area (Å²) in [5.41, 5.74) is 3.15. The van der Waals surface area contributed by atoms with Crippen LogP contribution in [-0.2, 0) is 9.53 Å². The number of carbonyl (C=O) groups excluding carboxylic acids is 1. The molecule has 28 heavy (non-hydrogen) atoms. The molecule has 0 saturated carbocycles. The summed E-state index contributed by atoms with van der Waals surface area (Å²) in [6.45, 7) is 3.62. The molecule has 1 amide bonds. The summed E-state index contributed by atoms with van der Waals surface area (Å²) in [7, 11) is 1.56. The van der Waals surface area contributed by atoms with Crippen LogP contribution >= 0.6 is 0 Å². The van der Waals surface area contributed by atoms with Crippen molar-refractivity contribution >= 4 is 11.9 Å². The van der Waals surface area contributed by atoms with Gasteiger partial charge in [0.2, 0.25) is 11.9 Å². The van der Waals surface area contributed by atoms with Crippen LogP contribution < -0.4 is 4.90 Å². The number of hydrogen-bond acceptors (Lipinski definition) is 6. The molecule has 0 unspecified atom stereocenters. The van der Waals surface area contributed by atoms with Gasteiger partial charge in [-0.15, -0.1) is 0 Å². The second-order valence-corrected chi connectivity index (χ2v) is 7.51. The summed E-state index contributed by atoms with van der Waals surface area (Å²) < 4.78 is 5.05. The van der Waals surface area contributed by atoms with Gasteiger partial charge in [-0.2, -0.15) is 0 Å². The van der Waals surface area contributed by atoms with Crippen LogP contribution in [-0.4, -0.2) is 65.7 Å². The number of hydrogen-bond donors (Lipinski definition) is 0. The van der Waals surface area contributed by atoms with E-state index in [4.69, 9.17) is 9.72 Å². The number of amides is 1. The number of pyridine rings is 1. The predicted octanol–water partition coefficient (Wildman–Crippen LogP) is 2.49. The standard InChI is InChI=1S/C21H27N5O2/c1-28-15-19(27)26-12-4-5-17(14-26)20-18(16-6-8-22-9-7-16)13-23-21(24-20)25-10-2-3-11-25/h6-9,13,17H,2-5,10-12,14-15H2,1H3/t17-/m0/s1. The van der Waals surface area contributed by atoms with Crippen molar-refractivity contribution in [2.24, 2.45) is 0 Å². The largest absolute Gasteiger partial charge is 0.375 e. The fourth-order valence-corrected chi connectivity index (χ4v) is 4.16. The molecule has 2 aliphatic rings. The van der Waals surface area contributed by atoms with Crippen LogP contribution in [0.15, 0.2) is 30.7 Å². The minimum Gasteiger partial charge on any atom is -0.375 e. The summed E-state index contributed by atoms with van der Waals surface area (Å²) in [5, 5.41) is 0. The molecule has 2 aromatic rings. The van der Waals surface area contributed by atoms with Gasteiger partial charge in [-0.3, -0.25) is 9.78 Å². The zero-order valence-corrected chi connectivity index (χ0v) is 16.4. The van der Waals surface area contributed by atoms with Gasteiger partial charge in [0.05, 0.1) is 5.69 Å². The van der Waals surface area contributed by atoms with E-state index in [1.165, 1.54) is 12.8 Å². The third-order valence-electron chi connectivity index (χ3n) is 5.61. The average molecular weight is 381 g/mol. The van der Waals surface area contributed by atoms with Crippen LogP contribution in [0.1, 0.15) is 37.3 Å². The first-order valence-corrected chi connectivity index (χ1v) is 10.1. The maximum atomic E-state index is 12.4. The quantitative estimate of drug-likeness (QED) is 0.792. The van der Waals surface area contributed by atoms with Gasteiger partial charge < -0.3 is 14.5 Å². The number of anilines is 1. The van der Waals surface area contributed by atoms with Gasteiger partial charge in [-0.05, 0) is 43.4 Å². The van der Waals surface area contributed by atoms with E-state index in [9.17, 15) is 4.79 Å². The van der Waals surface area contributed by atoms with E-state index in [2.05, 4.69) is 14.9 Å². The van der Waals surface area contributed by atoms with Gasteiger partial charge in [0, 0.05) is 63.4 Å². The Morgan fingerprint density at radius 3 is 2.71 bits per heavy atom. The minimum absolute atomic E-state index is 0.0477. The number of methoxy groups -OCH3 is 1.